The Balaban J connectivity index is 1.87. The van der Waals surface area contributed by atoms with E-state index in [1.165, 1.54) is 6.42 Å². The van der Waals surface area contributed by atoms with Crippen molar-refractivity contribution in [1.29, 1.82) is 0 Å². The Morgan fingerprint density at radius 1 is 1.33 bits per heavy atom. The van der Waals surface area contributed by atoms with E-state index >= 15 is 0 Å². The third-order valence-electron chi connectivity index (χ3n) is 4.18. The number of hydrogen-bond donors (Lipinski definition) is 2. The molecule has 2 atom stereocenters. The predicted molar refractivity (Wildman–Crippen MR) is 85.5 cm³/mol. The molecule has 0 aliphatic heterocycles. The van der Waals surface area contributed by atoms with E-state index < -0.39 is 0 Å². The molecule has 1 saturated carbocycles. The summed E-state index contributed by atoms with van der Waals surface area (Å²) in [5.74, 6) is 2.20. The SMILES string of the molecule is CCNc1ncc(C(=O)NCC2CC2C)c2ccccc12. The van der Waals surface area contributed by atoms with Crippen molar-refractivity contribution in [2.75, 3.05) is 18.4 Å². The molecule has 1 aromatic carbocycles. The van der Waals surface area contributed by atoms with Gasteiger partial charge in [0.1, 0.15) is 5.82 Å². The Hall–Kier alpha value is -2.10. The van der Waals surface area contributed by atoms with Gasteiger partial charge in [-0.15, -0.1) is 0 Å². The zero-order chi connectivity index (χ0) is 14.8. The molecular formula is C17H21N3O. The van der Waals surface area contributed by atoms with E-state index in [0.29, 0.717) is 11.5 Å². The highest BCUT2D eigenvalue weighted by atomic mass is 16.1. The second-order valence-electron chi connectivity index (χ2n) is 5.78. The maximum Gasteiger partial charge on any atom is 0.253 e. The van der Waals surface area contributed by atoms with Crippen molar-refractivity contribution >= 4 is 22.5 Å². The zero-order valence-electron chi connectivity index (χ0n) is 12.5. The monoisotopic (exact) mass is 283 g/mol. The summed E-state index contributed by atoms with van der Waals surface area (Å²) in [5.41, 5.74) is 0.653. The minimum atomic E-state index is -0.0270. The third kappa shape index (κ3) is 2.84. The number of carbonyl (C=O) groups excluding carboxylic acids is 1. The number of aromatic nitrogens is 1. The van der Waals surface area contributed by atoms with Gasteiger partial charge in [-0.2, -0.15) is 0 Å². The number of carbonyl (C=O) groups is 1. The lowest BCUT2D eigenvalue weighted by atomic mass is 10.1. The molecule has 1 fully saturated rings. The Kier molecular flexibility index (Phi) is 3.78. The fraction of sp³-hybridized carbons (Fsp3) is 0.412. The quantitative estimate of drug-likeness (QED) is 0.886. The van der Waals surface area contributed by atoms with E-state index in [0.717, 1.165) is 35.6 Å². The summed E-state index contributed by atoms with van der Waals surface area (Å²) >= 11 is 0. The zero-order valence-corrected chi connectivity index (χ0v) is 12.5. The molecule has 0 bridgehead atoms. The van der Waals surface area contributed by atoms with Crippen LogP contribution in [0.5, 0.6) is 0 Å². The van der Waals surface area contributed by atoms with Crippen LogP contribution in [0.4, 0.5) is 5.82 Å². The maximum absolute atomic E-state index is 12.4. The van der Waals surface area contributed by atoms with E-state index in [1.54, 1.807) is 6.20 Å². The lowest BCUT2D eigenvalue weighted by molar-refractivity contribution is 0.0952. The Bertz CT molecular complexity index is 668. The van der Waals surface area contributed by atoms with Crippen LogP contribution in [0.25, 0.3) is 10.8 Å². The van der Waals surface area contributed by atoms with Crippen LogP contribution in [0.2, 0.25) is 0 Å². The summed E-state index contributed by atoms with van der Waals surface area (Å²) in [7, 11) is 0. The van der Waals surface area contributed by atoms with Crippen molar-refractivity contribution in [2.24, 2.45) is 11.8 Å². The van der Waals surface area contributed by atoms with Crippen molar-refractivity contribution in [2.45, 2.75) is 20.3 Å². The second kappa shape index (κ2) is 5.72. The molecule has 110 valence electrons. The summed E-state index contributed by atoms with van der Waals surface area (Å²) in [6.07, 6.45) is 2.89. The summed E-state index contributed by atoms with van der Waals surface area (Å²) in [4.78, 5) is 16.8. The standard InChI is InChI=1S/C17H21N3O/c1-3-18-16-14-7-5-4-6-13(14)15(10-19-16)17(21)20-9-12-8-11(12)2/h4-7,10-12H,3,8-9H2,1-2H3,(H,18,19)(H,20,21). The van der Waals surface area contributed by atoms with Crippen molar-refractivity contribution in [3.8, 4) is 0 Å². The number of nitrogens with zero attached hydrogens (tertiary/aromatic N) is 1. The van der Waals surface area contributed by atoms with Gasteiger partial charge in [0.15, 0.2) is 0 Å². The summed E-state index contributed by atoms with van der Waals surface area (Å²) in [6.45, 7) is 5.83. The molecule has 21 heavy (non-hydrogen) atoms. The predicted octanol–water partition coefficient (Wildman–Crippen LogP) is 3.05. The first-order chi connectivity index (χ1) is 10.2. The molecule has 2 N–H and O–H groups in total. The molecule has 1 aromatic heterocycles. The average Bonchev–Trinajstić information content (AvgIpc) is 3.21. The fourth-order valence-corrected chi connectivity index (χ4v) is 2.68. The molecule has 0 radical (unpaired) electrons. The number of nitrogens with one attached hydrogen (secondary N) is 2. The highest BCUT2D eigenvalue weighted by Crippen LogP contribution is 2.36. The van der Waals surface area contributed by atoms with Crippen LogP contribution in [-0.2, 0) is 0 Å². The minimum absolute atomic E-state index is 0.0270. The maximum atomic E-state index is 12.4. The minimum Gasteiger partial charge on any atom is -0.370 e. The van der Waals surface area contributed by atoms with Crippen LogP contribution >= 0.6 is 0 Å². The second-order valence-corrected chi connectivity index (χ2v) is 5.78. The number of benzene rings is 1. The van der Waals surface area contributed by atoms with Gasteiger partial charge in [0.05, 0.1) is 5.56 Å². The highest BCUT2D eigenvalue weighted by molar-refractivity contribution is 6.09. The largest absolute Gasteiger partial charge is 0.370 e. The Morgan fingerprint density at radius 2 is 2.05 bits per heavy atom. The Labute approximate surface area is 125 Å². The van der Waals surface area contributed by atoms with Crippen LogP contribution in [0, 0.1) is 11.8 Å². The Morgan fingerprint density at radius 3 is 2.71 bits per heavy atom. The summed E-state index contributed by atoms with van der Waals surface area (Å²) < 4.78 is 0. The van der Waals surface area contributed by atoms with E-state index in [1.807, 2.05) is 31.2 Å². The van der Waals surface area contributed by atoms with Gasteiger partial charge in [-0.1, -0.05) is 31.2 Å². The van der Waals surface area contributed by atoms with E-state index in [4.69, 9.17) is 0 Å². The van der Waals surface area contributed by atoms with E-state index in [2.05, 4.69) is 22.5 Å². The summed E-state index contributed by atoms with van der Waals surface area (Å²) in [6, 6.07) is 7.91. The lowest BCUT2D eigenvalue weighted by Gasteiger charge is -2.11. The third-order valence-corrected chi connectivity index (χ3v) is 4.18. The van der Waals surface area contributed by atoms with Crippen LogP contribution in [0.1, 0.15) is 30.6 Å². The van der Waals surface area contributed by atoms with Gasteiger partial charge in [0.25, 0.3) is 5.91 Å². The van der Waals surface area contributed by atoms with Gasteiger partial charge >= 0.3 is 0 Å². The molecule has 1 aliphatic carbocycles. The highest BCUT2D eigenvalue weighted by Gasteiger charge is 2.32. The van der Waals surface area contributed by atoms with Crippen LogP contribution in [0.3, 0.4) is 0 Å². The van der Waals surface area contributed by atoms with E-state index in [9.17, 15) is 4.79 Å². The molecule has 1 aliphatic rings. The molecule has 1 heterocycles. The summed E-state index contributed by atoms with van der Waals surface area (Å²) in [5, 5.41) is 8.22. The van der Waals surface area contributed by atoms with Crippen molar-refractivity contribution in [1.82, 2.24) is 10.3 Å². The van der Waals surface area contributed by atoms with Crippen molar-refractivity contribution in [3.63, 3.8) is 0 Å². The van der Waals surface area contributed by atoms with Gasteiger partial charge in [0.2, 0.25) is 0 Å². The van der Waals surface area contributed by atoms with Gasteiger partial charge in [-0.3, -0.25) is 4.79 Å². The molecular weight excluding hydrogens is 262 g/mol. The molecule has 4 nitrogen and oxygen atoms in total. The molecule has 3 rings (SSSR count). The van der Waals surface area contributed by atoms with Gasteiger partial charge < -0.3 is 10.6 Å². The van der Waals surface area contributed by atoms with Gasteiger partial charge in [0, 0.05) is 24.7 Å². The van der Waals surface area contributed by atoms with Crippen molar-refractivity contribution in [3.05, 3.63) is 36.0 Å². The molecule has 4 heteroatoms. The molecule has 2 aromatic rings. The van der Waals surface area contributed by atoms with Gasteiger partial charge in [-0.05, 0) is 30.6 Å². The smallest absolute Gasteiger partial charge is 0.253 e. The number of pyridine rings is 1. The molecule has 1 amide bonds. The van der Waals surface area contributed by atoms with E-state index in [-0.39, 0.29) is 5.91 Å². The lowest BCUT2D eigenvalue weighted by Crippen LogP contribution is -2.26. The fourth-order valence-electron chi connectivity index (χ4n) is 2.68. The topological polar surface area (TPSA) is 54.0 Å². The number of rotatable bonds is 5. The van der Waals surface area contributed by atoms with Crippen molar-refractivity contribution < 1.29 is 4.79 Å². The number of amides is 1. The molecule has 2 unspecified atom stereocenters. The van der Waals surface area contributed by atoms with Crippen LogP contribution < -0.4 is 10.6 Å². The molecule has 0 spiro atoms. The first kappa shape index (κ1) is 13.9. The first-order valence-electron chi connectivity index (χ1n) is 7.60. The number of fused-ring (bicyclic) bond motifs is 1. The molecule has 0 saturated heterocycles. The normalized spacial score (nSPS) is 20.3. The van der Waals surface area contributed by atoms with Crippen LogP contribution in [-0.4, -0.2) is 24.0 Å². The average molecular weight is 283 g/mol. The number of hydrogen-bond acceptors (Lipinski definition) is 3. The number of anilines is 1. The van der Waals surface area contributed by atoms with Gasteiger partial charge in [-0.25, -0.2) is 4.98 Å². The first-order valence-corrected chi connectivity index (χ1v) is 7.60. The van der Waals surface area contributed by atoms with Crippen LogP contribution in [0.15, 0.2) is 30.5 Å².